The Hall–Kier alpha value is -2.36. The van der Waals surface area contributed by atoms with Crippen molar-refractivity contribution >= 4 is 5.97 Å². The lowest BCUT2D eigenvalue weighted by Gasteiger charge is -2.04. The molecular formula is C13H9FO3. The fourth-order valence-corrected chi connectivity index (χ4v) is 1.55. The van der Waals surface area contributed by atoms with E-state index in [0.717, 1.165) is 6.07 Å². The van der Waals surface area contributed by atoms with Crippen LogP contribution in [0.3, 0.4) is 0 Å². The zero-order chi connectivity index (χ0) is 12.4. The summed E-state index contributed by atoms with van der Waals surface area (Å²) < 4.78 is 13.2. The Bertz CT molecular complexity index is 579. The molecule has 0 unspecified atom stereocenters. The van der Waals surface area contributed by atoms with E-state index in [1.165, 1.54) is 24.3 Å². The number of carboxylic acids is 1. The maximum absolute atomic E-state index is 13.2. The van der Waals surface area contributed by atoms with Crippen LogP contribution in [0.1, 0.15) is 10.4 Å². The SMILES string of the molecule is O=C(O)c1cc(-c2cccc(O)c2)ccc1F. The van der Waals surface area contributed by atoms with E-state index in [4.69, 9.17) is 5.11 Å². The summed E-state index contributed by atoms with van der Waals surface area (Å²) in [5.74, 6) is -2.02. The standard InChI is InChI=1S/C13H9FO3/c14-12-5-4-9(7-11(12)13(16)17)8-2-1-3-10(15)6-8/h1-7,15H,(H,16,17). The Morgan fingerprint density at radius 2 is 1.76 bits per heavy atom. The highest BCUT2D eigenvalue weighted by molar-refractivity contribution is 5.89. The first-order valence-electron chi connectivity index (χ1n) is 4.90. The Labute approximate surface area is 96.8 Å². The molecule has 17 heavy (non-hydrogen) atoms. The summed E-state index contributed by atoms with van der Waals surface area (Å²) in [7, 11) is 0. The second kappa shape index (κ2) is 4.25. The lowest BCUT2D eigenvalue weighted by Crippen LogP contribution is -2.00. The second-order valence-corrected chi connectivity index (χ2v) is 3.55. The first-order chi connectivity index (χ1) is 8.08. The van der Waals surface area contributed by atoms with Gasteiger partial charge in [-0.15, -0.1) is 0 Å². The number of rotatable bonds is 2. The number of hydrogen-bond acceptors (Lipinski definition) is 2. The summed E-state index contributed by atoms with van der Waals surface area (Å²) in [6.07, 6.45) is 0. The maximum Gasteiger partial charge on any atom is 0.338 e. The van der Waals surface area contributed by atoms with Crippen molar-refractivity contribution in [1.82, 2.24) is 0 Å². The topological polar surface area (TPSA) is 57.5 Å². The van der Waals surface area contributed by atoms with Gasteiger partial charge in [-0.1, -0.05) is 18.2 Å². The van der Waals surface area contributed by atoms with Crippen molar-refractivity contribution in [3.8, 4) is 16.9 Å². The predicted molar refractivity (Wildman–Crippen MR) is 60.5 cm³/mol. The minimum Gasteiger partial charge on any atom is -0.508 e. The summed E-state index contributed by atoms with van der Waals surface area (Å²) in [6, 6.07) is 10.1. The molecule has 0 aliphatic heterocycles. The molecule has 4 heteroatoms. The van der Waals surface area contributed by atoms with Gasteiger partial charge in [-0.3, -0.25) is 0 Å². The van der Waals surface area contributed by atoms with Crippen molar-refractivity contribution in [1.29, 1.82) is 0 Å². The molecule has 0 fully saturated rings. The number of phenols is 1. The number of carbonyl (C=O) groups is 1. The van der Waals surface area contributed by atoms with Crippen molar-refractivity contribution in [3.05, 3.63) is 53.8 Å². The van der Waals surface area contributed by atoms with E-state index in [-0.39, 0.29) is 11.3 Å². The van der Waals surface area contributed by atoms with Gasteiger partial charge >= 0.3 is 5.97 Å². The molecule has 0 aliphatic carbocycles. The highest BCUT2D eigenvalue weighted by atomic mass is 19.1. The van der Waals surface area contributed by atoms with E-state index >= 15 is 0 Å². The zero-order valence-corrected chi connectivity index (χ0v) is 8.72. The zero-order valence-electron chi connectivity index (χ0n) is 8.72. The van der Waals surface area contributed by atoms with Crippen molar-refractivity contribution in [3.63, 3.8) is 0 Å². The second-order valence-electron chi connectivity index (χ2n) is 3.55. The van der Waals surface area contributed by atoms with Crippen molar-refractivity contribution in [2.75, 3.05) is 0 Å². The Morgan fingerprint density at radius 1 is 1.06 bits per heavy atom. The predicted octanol–water partition coefficient (Wildman–Crippen LogP) is 2.90. The third kappa shape index (κ3) is 2.25. The van der Waals surface area contributed by atoms with Crippen LogP contribution in [0.25, 0.3) is 11.1 Å². The number of aromatic carboxylic acids is 1. The van der Waals surface area contributed by atoms with Crippen LogP contribution < -0.4 is 0 Å². The highest BCUT2D eigenvalue weighted by Crippen LogP contribution is 2.25. The van der Waals surface area contributed by atoms with Crippen LogP contribution in [0.4, 0.5) is 4.39 Å². The minimum absolute atomic E-state index is 0.0729. The fraction of sp³-hybridized carbons (Fsp3) is 0. The number of halogens is 1. The molecule has 0 atom stereocenters. The van der Waals surface area contributed by atoms with Crippen LogP contribution in [-0.4, -0.2) is 16.2 Å². The van der Waals surface area contributed by atoms with Crippen molar-refractivity contribution in [2.24, 2.45) is 0 Å². The van der Waals surface area contributed by atoms with Gasteiger partial charge in [0.15, 0.2) is 0 Å². The van der Waals surface area contributed by atoms with Gasteiger partial charge in [0, 0.05) is 0 Å². The van der Waals surface area contributed by atoms with Gasteiger partial charge < -0.3 is 10.2 Å². The molecule has 0 heterocycles. The van der Waals surface area contributed by atoms with Crippen LogP contribution in [-0.2, 0) is 0 Å². The molecular weight excluding hydrogens is 223 g/mol. The van der Waals surface area contributed by atoms with Crippen molar-refractivity contribution in [2.45, 2.75) is 0 Å². The molecule has 86 valence electrons. The Kier molecular flexibility index (Phi) is 2.78. The van der Waals surface area contributed by atoms with Gasteiger partial charge in [0.25, 0.3) is 0 Å². The van der Waals surface area contributed by atoms with Crippen LogP contribution in [0.2, 0.25) is 0 Å². The number of phenolic OH excluding ortho intramolecular Hbond substituents is 1. The molecule has 2 N–H and O–H groups in total. The molecule has 0 spiro atoms. The lowest BCUT2D eigenvalue weighted by atomic mass is 10.0. The average Bonchev–Trinajstić information content (AvgIpc) is 2.29. The molecule has 0 saturated heterocycles. The molecule has 0 aromatic heterocycles. The third-order valence-corrected chi connectivity index (χ3v) is 2.38. The monoisotopic (exact) mass is 232 g/mol. The van der Waals surface area contributed by atoms with Gasteiger partial charge in [0.1, 0.15) is 11.6 Å². The number of aromatic hydroxyl groups is 1. The first-order valence-corrected chi connectivity index (χ1v) is 4.90. The normalized spacial score (nSPS) is 10.2. The minimum atomic E-state index is -1.32. The van der Waals surface area contributed by atoms with Crippen LogP contribution in [0.15, 0.2) is 42.5 Å². The van der Waals surface area contributed by atoms with Crippen LogP contribution in [0.5, 0.6) is 5.75 Å². The molecule has 0 bridgehead atoms. The number of hydrogen-bond donors (Lipinski definition) is 2. The van der Waals surface area contributed by atoms with E-state index in [2.05, 4.69) is 0 Å². The van der Waals surface area contributed by atoms with E-state index in [0.29, 0.717) is 11.1 Å². The quantitative estimate of drug-likeness (QED) is 0.836. The average molecular weight is 232 g/mol. The van der Waals surface area contributed by atoms with Gasteiger partial charge in [0.05, 0.1) is 5.56 Å². The van der Waals surface area contributed by atoms with Crippen LogP contribution >= 0.6 is 0 Å². The highest BCUT2D eigenvalue weighted by Gasteiger charge is 2.11. The van der Waals surface area contributed by atoms with Gasteiger partial charge in [-0.05, 0) is 35.4 Å². The summed E-state index contributed by atoms with van der Waals surface area (Å²) >= 11 is 0. The summed E-state index contributed by atoms with van der Waals surface area (Å²) in [5, 5.41) is 18.1. The van der Waals surface area contributed by atoms with E-state index in [9.17, 15) is 14.3 Å². The largest absolute Gasteiger partial charge is 0.508 e. The van der Waals surface area contributed by atoms with Crippen molar-refractivity contribution < 1.29 is 19.4 Å². The molecule has 2 rings (SSSR count). The summed E-state index contributed by atoms with van der Waals surface area (Å²) in [4.78, 5) is 10.8. The lowest BCUT2D eigenvalue weighted by molar-refractivity contribution is 0.0692. The first kappa shape index (κ1) is 11.1. The number of benzene rings is 2. The van der Waals surface area contributed by atoms with E-state index < -0.39 is 11.8 Å². The Balaban J connectivity index is 2.54. The maximum atomic E-state index is 13.2. The molecule has 2 aromatic carbocycles. The molecule has 2 aromatic rings. The fourth-order valence-electron chi connectivity index (χ4n) is 1.55. The van der Waals surface area contributed by atoms with Gasteiger partial charge in [-0.25, -0.2) is 9.18 Å². The number of carboxylic acid groups (broad SMARTS) is 1. The van der Waals surface area contributed by atoms with E-state index in [1.807, 2.05) is 0 Å². The van der Waals surface area contributed by atoms with Crippen LogP contribution in [0, 0.1) is 5.82 Å². The summed E-state index contributed by atoms with van der Waals surface area (Å²) in [6.45, 7) is 0. The summed E-state index contributed by atoms with van der Waals surface area (Å²) in [5.41, 5.74) is 0.790. The Morgan fingerprint density at radius 3 is 2.41 bits per heavy atom. The molecule has 0 saturated carbocycles. The third-order valence-electron chi connectivity index (χ3n) is 2.38. The molecule has 0 radical (unpaired) electrons. The molecule has 3 nitrogen and oxygen atoms in total. The van der Waals surface area contributed by atoms with E-state index in [1.54, 1.807) is 12.1 Å². The van der Waals surface area contributed by atoms with Gasteiger partial charge in [-0.2, -0.15) is 0 Å². The molecule has 0 aliphatic rings. The molecule has 0 amide bonds. The smallest absolute Gasteiger partial charge is 0.338 e. The van der Waals surface area contributed by atoms with Gasteiger partial charge in [0.2, 0.25) is 0 Å².